The van der Waals surface area contributed by atoms with Crippen molar-refractivity contribution < 1.29 is 9.53 Å². The summed E-state index contributed by atoms with van der Waals surface area (Å²) in [6.07, 6.45) is 4.35. The first kappa shape index (κ1) is 9.77. The molecule has 1 amide bonds. The van der Waals surface area contributed by atoms with Crippen molar-refractivity contribution in [1.29, 1.82) is 0 Å². The fourth-order valence-electron chi connectivity index (χ4n) is 2.67. The van der Waals surface area contributed by atoms with Crippen molar-refractivity contribution in [3.63, 3.8) is 0 Å². The number of ether oxygens (including phenoxy) is 1. The van der Waals surface area contributed by atoms with Gasteiger partial charge in [-0.15, -0.1) is 0 Å². The van der Waals surface area contributed by atoms with Gasteiger partial charge in [-0.2, -0.15) is 0 Å². The van der Waals surface area contributed by atoms with E-state index in [1.807, 2.05) is 0 Å². The third-order valence-electron chi connectivity index (χ3n) is 3.53. The molecule has 4 heteroatoms. The topological polar surface area (TPSA) is 41.6 Å². The molecule has 0 saturated carbocycles. The van der Waals surface area contributed by atoms with E-state index in [-0.39, 0.29) is 12.2 Å². The Bertz CT molecular complexity index is 218. The Kier molecular flexibility index (Phi) is 2.63. The maximum absolute atomic E-state index is 11.0. The van der Waals surface area contributed by atoms with Gasteiger partial charge in [-0.3, -0.25) is 0 Å². The highest BCUT2D eigenvalue weighted by Crippen LogP contribution is 2.35. The van der Waals surface area contributed by atoms with Crippen LogP contribution >= 0.6 is 0 Å². The summed E-state index contributed by atoms with van der Waals surface area (Å²) in [6, 6.07) is 1.26. The van der Waals surface area contributed by atoms with Gasteiger partial charge >= 0.3 is 6.09 Å². The van der Waals surface area contributed by atoms with Crippen molar-refractivity contribution in [2.24, 2.45) is 0 Å². The molecule has 2 unspecified atom stereocenters. The second-order valence-corrected chi connectivity index (χ2v) is 4.30. The number of hydrogen-bond donors (Lipinski definition) is 1. The Morgan fingerprint density at radius 1 is 1.36 bits per heavy atom. The molecule has 0 spiro atoms. The minimum absolute atomic E-state index is 0.128. The predicted molar refractivity (Wildman–Crippen MR) is 53.1 cm³/mol. The summed E-state index contributed by atoms with van der Waals surface area (Å²) >= 11 is 0. The maximum Gasteiger partial charge on any atom is 0.407 e. The molecule has 2 bridgehead atoms. The number of nitrogens with zero attached hydrogens (tertiary/aromatic N) is 1. The molecule has 4 nitrogen and oxygen atoms in total. The molecule has 0 aromatic carbocycles. The first-order chi connectivity index (χ1) is 6.70. The standard InChI is InChI=1S/C10H18N2O2/c1-11-10(13)14-9-5-7-3-4-8(6-9)12(7)2/h7-9H,3-6H2,1-2H3,(H,11,13). The smallest absolute Gasteiger partial charge is 0.407 e. The molecule has 2 rings (SSSR count). The molecule has 2 heterocycles. The maximum atomic E-state index is 11.0. The van der Waals surface area contributed by atoms with Crippen LogP contribution in [-0.4, -0.2) is 43.3 Å². The molecule has 2 aliphatic heterocycles. The SMILES string of the molecule is CNC(=O)OC1CC2CCC(C1)N2C. The van der Waals surface area contributed by atoms with Gasteiger partial charge in [0.2, 0.25) is 0 Å². The van der Waals surface area contributed by atoms with Crippen molar-refractivity contribution >= 4 is 6.09 Å². The summed E-state index contributed by atoms with van der Waals surface area (Å²) in [6.45, 7) is 0. The lowest BCUT2D eigenvalue weighted by molar-refractivity contribution is 0.0292. The fourth-order valence-corrected chi connectivity index (χ4v) is 2.67. The predicted octanol–water partition coefficient (Wildman–Crippen LogP) is 0.968. The van der Waals surface area contributed by atoms with E-state index in [0.29, 0.717) is 12.1 Å². The number of nitrogens with one attached hydrogen (secondary N) is 1. The third-order valence-corrected chi connectivity index (χ3v) is 3.53. The zero-order valence-corrected chi connectivity index (χ0v) is 8.82. The van der Waals surface area contributed by atoms with Gasteiger partial charge < -0.3 is 15.0 Å². The Hall–Kier alpha value is -0.770. The molecule has 0 aliphatic carbocycles. The van der Waals surface area contributed by atoms with Crippen LogP contribution in [0, 0.1) is 0 Å². The van der Waals surface area contributed by atoms with Gasteiger partial charge in [0, 0.05) is 32.0 Å². The Labute approximate surface area is 84.6 Å². The zero-order chi connectivity index (χ0) is 10.1. The van der Waals surface area contributed by atoms with Crippen LogP contribution in [0.15, 0.2) is 0 Å². The van der Waals surface area contributed by atoms with Crippen LogP contribution in [0.2, 0.25) is 0 Å². The Balaban J connectivity index is 1.90. The van der Waals surface area contributed by atoms with E-state index in [4.69, 9.17) is 4.74 Å². The van der Waals surface area contributed by atoms with Crippen molar-refractivity contribution in [1.82, 2.24) is 10.2 Å². The van der Waals surface area contributed by atoms with Crippen molar-refractivity contribution in [3.05, 3.63) is 0 Å². The van der Waals surface area contributed by atoms with Crippen molar-refractivity contribution in [3.8, 4) is 0 Å². The van der Waals surface area contributed by atoms with Crippen LogP contribution in [0.1, 0.15) is 25.7 Å². The molecule has 2 saturated heterocycles. The molecule has 80 valence electrons. The summed E-state index contributed by atoms with van der Waals surface area (Å²) in [5, 5.41) is 2.50. The second kappa shape index (κ2) is 3.77. The van der Waals surface area contributed by atoms with Gasteiger partial charge in [-0.1, -0.05) is 0 Å². The van der Waals surface area contributed by atoms with Crippen LogP contribution < -0.4 is 5.32 Å². The number of hydrogen-bond acceptors (Lipinski definition) is 3. The van der Waals surface area contributed by atoms with Gasteiger partial charge in [0.25, 0.3) is 0 Å². The van der Waals surface area contributed by atoms with Gasteiger partial charge in [0.05, 0.1) is 0 Å². The lowest BCUT2D eigenvalue weighted by Crippen LogP contribution is -2.44. The normalized spacial score (nSPS) is 36.9. The van der Waals surface area contributed by atoms with Crippen molar-refractivity contribution in [2.75, 3.05) is 14.1 Å². The van der Waals surface area contributed by atoms with Crippen LogP contribution in [0.4, 0.5) is 4.79 Å². The lowest BCUT2D eigenvalue weighted by Gasteiger charge is -2.35. The average molecular weight is 198 g/mol. The molecular formula is C10H18N2O2. The minimum Gasteiger partial charge on any atom is -0.446 e. The third kappa shape index (κ3) is 1.71. The number of piperidine rings is 1. The number of carbonyl (C=O) groups excluding carboxylic acids is 1. The molecule has 0 aromatic rings. The summed E-state index contributed by atoms with van der Waals surface area (Å²) in [4.78, 5) is 13.5. The first-order valence-corrected chi connectivity index (χ1v) is 5.31. The molecule has 0 aromatic heterocycles. The van der Waals surface area contributed by atoms with E-state index in [1.54, 1.807) is 7.05 Å². The lowest BCUT2D eigenvalue weighted by atomic mass is 10.0. The zero-order valence-electron chi connectivity index (χ0n) is 8.82. The molecule has 2 fully saturated rings. The van der Waals surface area contributed by atoms with Gasteiger partial charge in [-0.25, -0.2) is 4.79 Å². The average Bonchev–Trinajstić information content (AvgIpc) is 2.42. The van der Waals surface area contributed by atoms with E-state index in [1.165, 1.54) is 12.8 Å². The van der Waals surface area contributed by atoms with E-state index in [0.717, 1.165) is 12.8 Å². The molecule has 2 atom stereocenters. The van der Waals surface area contributed by atoms with Gasteiger partial charge in [0.15, 0.2) is 0 Å². The van der Waals surface area contributed by atoms with E-state index in [9.17, 15) is 4.79 Å². The van der Waals surface area contributed by atoms with Gasteiger partial charge in [0.1, 0.15) is 6.10 Å². The summed E-state index contributed by atoms with van der Waals surface area (Å²) in [5.41, 5.74) is 0. The number of amides is 1. The fraction of sp³-hybridized carbons (Fsp3) is 0.900. The highest BCUT2D eigenvalue weighted by atomic mass is 16.6. The first-order valence-electron chi connectivity index (χ1n) is 5.31. The number of fused-ring (bicyclic) bond motifs is 2. The molecule has 2 aliphatic rings. The molecule has 1 N–H and O–H groups in total. The van der Waals surface area contributed by atoms with E-state index >= 15 is 0 Å². The summed E-state index contributed by atoms with van der Waals surface area (Å²) in [7, 11) is 3.78. The molecule has 14 heavy (non-hydrogen) atoms. The van der Waals surface area contributed by atoms with Crippen LogP contribution in [0.3, 0.4) is 0 Å². The summed E-state index contributed by atoms with van der Waals surface area (Å²) < 4.78 is 5.29. The largest absolute Gasteiger partial charge is 0.446 e. The highest BCUT2D eigenvalue weighted by Gasteiger charge is 2.39. The Morgan fingerprint density at radius 2 is 1.93 bits per heavy atom. The molecular weight excluding hydrogens is 180 g/mol. The van der Waals surface area contributed by atoms with Gasteiger partial charge in [-0.05, 0) is 19.9 Å². The summed E-state index contributed by atoms with van der Waals surface area (Å²) in [5.74, 6) is 0. The monoisotopic (exact) mass is 198 g/mol. The Morgan fingerprint density at radius 3 is 2.43 bits per heavy atom. The highest BCUT2D eigenvalue weighted by molar-refractivity contribution is 5.66. The van der Waals surface area contributed by atoms with Crippen LogP contribution in [0.25, 0.3) is 0 Å². The molecule has 0 radical (unpaired) electrons. The number of alkyl carbamates (subject to hydrolysis) is 1. The van der Waals surface area contributed by atoms with E-state index < -0.39 is 0 Å². The number of carbonyl (C=O) groups is 1. The number of rotatable bonds is 1. The van der Waals surface area contributed by atoms with Crippen LogP contribution in [-0.2, 0) is 4.74 Å². The quantitative estimate of drug-likeness (QED) is 0.682. The van der Waals surface area contributed by atoms with Crippen molar-refractivity contribution in [2.45, 2.75) is 43.9 Å². The van der Waals surface area contributed by atoms with Crippen LogP contribution in [0.5, 0.6) is 0 Å². The second-order valence-electron chi connectivity index (χ2n) is 4.30. The minimum atomic E-state index is -0.293. The van der Waals surface area contributed by atoms with E-state index in [2.05, 4.69) is 17.3 Å².